The Morgan fingerprint density at radius 3 is 2.81 bits per heavy atom. The van der Waals surface area contributed by atoms with Gasteiger partial charge in [0.2, 0.25) is 9.84 Å². The third-order valence-electron chi connectivity index (χ3n) is 3.80. The predicted octanol–water partition coefficient (Wildman–Crippen LogP) is 4.39. The average molecular weight is 487 g/mol. The number of halogens is 1. The van der Waals surface area contributed by atoms with Gasteiger partial charge in [-0.3, -0.25) is 0 Å². The molecule has 0 unspecified atom stereocenters. The number of sulfone groups is 1. The van der Waals surface area contributed by atoms with Gasteiger partial charge in [0.25, 0.3) is 0 Å². The lowest BCUT2D eigenvalue weighted by Crippen LogP contribution is -2.03. The maximum atomic E-state index is 13.2. The first-order valence-electron chi connectivity index (χ1n) is 7.60. The van der Waals surface area contributed by atoms with E-state index in [0.29, 0.717) is 20.7 Å². The molecule has 2 aromatic heterocycles. The minimum absolute atomic E-state index is 0.0946. The molecule has 2 heterocycles. The van der Waals surface area contributed by atoms with Crippen molar-refractivity contribution >= 4 is 65.9 Å². The van der Waals surface area contributed by atoms with Crippen LogP contribution in [0, 0.1) is 0 Å². The molecule has 0 amide bonds. The van der Waals surface area contributed by atoms with Crippen molar-refractivity contribution in [2.24, 2.45) is 0 Å². The molecule has 0 saturated heterocycles. The number of methoxy groups -OCH3 is 1. The largest absolute Gasteiger partial charge is 0.465 e. The van der Waals surface area contributed by atoms with Crippen molar-refractivity contribution in [2.75, 3.05) is 13.4 Å². The molecule has 0 fully saturated rings. The fourth-order valence-corrected chi connectivity index (χ4v) is 7.37. The molecule has 0 bridgehead atoms. The van der Waals surface area contributed by atoms with Gasteiger partial charge in [0.1, 0.15) is 4.88 Å². The van der Waals surface area contributed by atoms with Crippen LogP contribution in [-0.2, 0) is 21.1 Å². The van der Waals surface area contributed by atoms with Crippen molar-refractivity contribution in [1.29, 1.82) is 0 Å². The molecule has 3 rings (SSSR count). The molecular weight excluding hydrogens is 472 g/mol. The number of esters is 1. The summed E-state index contributed by atoms with van der Waals surface area (Å²) >= 11 is 5.82. The summed E-state index contributed by atoms with van der Waals surface area (Å²) in [4.78, 5) is 16.6. The first-order valence-corrected chi connectivity index (χ1v) is 11.9. The molecule has 0 saturated carbocycles. The molecule has 6 nitrogen and oxygen atoms in total. The van der Waals surface area contributed by atoms with Crippen molar-refractivity contribution in [3.8, 4) is 0 Å². The summed E-state index contributed by atoms with van der Waals surface area (Å²) in [5, 5.41) is 0. The van der Waals surface area contributed by atoms with E-state index < -0.39 is 15.8 Å². The van der Waals surface area contributed by atoms with E-state index in [9.17, 15) is 13.2 Å². The number of nitrogens with zero attached hydrogens (tertiary/aromatic N) is 2. The minimum atomic E-state index is -3.84. The predicted molar refractivity (Wildman–Crippen MR) is 111 cm³/mol. The molecule has 3 aromatic rings. The Labute approximate surface area is 173 Å². The van der Waals surface area contributed by atoms with E-state index in [1.807, 2.05) is 4.57 Å². The highest BCUT2D eigenvalue weighted by Gasteiger charge is 2.27. The van der Waals surface area contributed by atoms with Gasteiger partial charge in [-0.2, -0.15) is 0 Å². The zero-order valence-corrected chi connectivity index (χ0v) is 18.5. The van der Waals surface area contributed by atoms with Gasteiger partial charge in [-0.1, -0.05) is 6.08 Å². The fraction of sp³-hybridized carbons (Fsp3) is 0.176. The van der Waals surface area contributed by atoms with Gasteiger partial charge >= 0.3 is 5.97 Å². The van der Waals surface area contributed by atoms with Crippen molar-refractivity contribution in [2.45, 2.75) is 20.5 Å². The van der Waals surface area contributed by atoms with Gasteiger partial charge in [0.15, 0.2) is 0 Å². The van der Waals surface area contributed by atoms with Crippen LogP contribution < -0.4 is 0 Å². The Hall–Kier alpha value is -1.62. The number of hydrogen-bond donors (Lipinski definition) is 0. The van der Waals surface area contributed by atoms with Crippen molar-refractivity contribution in [3.63, 3.8) is 0 Å². The molecule has 10 heteroatoms. The molecule has 142 valence electrons. The van der Waals surface area contributed by atoms with E-state index in [0.717, 1.165) is 16.9 Å². The van der Waals surface area contributed by atoms with Crippen LogP contribution in [0.5, 0.6) is 0 Å². The molecule has 27 heavy (non-hydrogen) atoms. The number of carbonyl (C=O) groups is 1. The lowest BCUT2D eigenvalue weighted by molar-refractivity contribution is 0.0606. The van der Waals surface area contributed by atoms with Gasteiger partial charge in [-0.05, 0) is 40.4 Å². The highest BCUT2D eigenvalue weighted by atomic mass is 79.9. The second-order valence-corrected chi connectivity index (χ2v) is 10.3. The zero-order chi connectivity index (χ0) is 19.8. The third kappa shape index (κ3) is 3.58. The first-order chi connectivity index (χ1) is 12.8. The van der Waals surface area contributed by atoms with Gasteiger partial charge < -0.3 is 9.30 Å². The summed E-state index contributed by atoms with van der Waals surface area (Å²) in [7, 11) is -2.57. The quantitative estimate of drug-likeness (QED) is 0.292. The zero-order valence-electron chi connectivity index (χ0n) is 14.4. The number of thiophene rings is 1. The topological polar surface area (TPSA) is 78.3 Å². The summed E-state index contributed by atoms with van der Waals surface area (Å²) < 4.78 is 34.2. The van der Waals surface area contributed by atoms with E-state index >= 15 is 0 Å². The van der Waals surface area contributed by atoms with Crippen LogP contribution >= 0.6 is 39.0 Å². The second-order valence-electron chi connectivity index (χ2n) is 5.42. The molecule has 0 radical (unpaired) electrons. The Bertz CT molecular complexity index is 1150. The number of hydrogen-bond acceptors (Lipinski definition) is 7. The molecule has 1 aromatic carbocycles. The Balaban J connectivity index is 2.17. The van der Waals surface area contributed by atoms with Gasteiger partial charge in [0.05, 0.1) is 38.5 Å². The maximum Gasteiger partial charge on any atom is 0.348 e. The van der Waals surface area contributed by atoms with Crippen molar-refractivity contribution in [1.82, 2.24) is 9.55 Å². The molecule has 0 aliphatic heterocycles. The highest BCUT2D eigenvalue weighted by molar-refractivity contribution is 9.10. The number of rotatable bonds is 6. The number of thioether (sulfide) groups is 1. The second kappa shape index (κ2) is 7.78. The third-order valence-corrected chi connectivity index (χ3v) is 8.67. The van der Waals surface area contributed by atoms with Crippen molar-refractivity contribution < 1.29 is 17.9 Å². The van der Waals surface area contributed by atoms with E-state index in [-0.39, 0.29) is 14.7 Å². The number of aromatic nitrogens is 2. The van der Waals surface area contributed by atoms with Gasteiger partial charge in [-0.15, -0.1) is 29.7 Å². The SMILES string of the molecule is C=CCn1cnc2cc(S(=O)(=O)c3cc(C(=O)OC)sc3SC)cc(Br)c21. The Morgan fingerprint density at radius 1 is 1.44 bits per heavy atom. The van der Waals surface area contributed by atoms with E-state index in [1.54, 1.807) is 24.7 Å². The summed E-state index contributed by atoms with van der Waals surface area (Å²) in [5.41, 5.74) is 1.35. The number of ether oxygens (including phenoxy) is 1. The average Bonchev–Trinajstić information content (AvgIpc) is 3.26. The van der Waals surface area contributed by atoms with Crippen LogP contribution in [0.4, 0.5) is 0 Å². The molecular formula is C17H15BrN2O4S3. The molecule has 0 aliphatic carbocycles. The van der Waals surface area contributed by atoms with E-state index in [1.165, 1.54) is 31.0 Å². The number of allylic oxidation sites excluding steroid dienone is 1. The number of benzene rings is 1. The monoisotopic (exact) mass is 486 g/mol. The number of carbonyl (C=O) groups excluding carboxylic acids is 1. The van der Waals surface area contributed by atoms with E-state index in [2.05, 4.69) is 27.5 Å². The lowest BCUT2D eigenvalue weighted by atomic mass is 10.3. The van der Waals surface area contributed by atoms with Crippen LogP contribution in [-0.4, -0.2) is 37.3 Å². The first kappa shape index (κ1) is 20.1. The van der Waals surface area contributed by atoms with Crippen LogP contribution in [0.25, 0.3) is 11.0 Å². The van der Waals surface area contributed by atoms with Crippen LogP contribution in [0.3, 0.4) is 0 Å². The Morgan fingerprint density at radius 2 is 2.19 bits per heavy atom. The summed E-state index contributed by atoms with van der Waals surface area (Å²) in [5.74, 6) is -0.559. The van der Waals surface area contributed by atoms with Crippen molar-refractivity contribution in [3.05, 3.63) is 46.5 Å². The molecule has 0 spiro atoms. The number of fused-ring (bicyclic) bond motifs is 1. The Kier molecular flexibility index (Phi) is 5.80. The standard InChI is InChI=1S/C17H15BrN2O4S3/c1-4-5-20-9-19-12-7-10(6-11(18)15(12)20)27(22,23)14-8-13(16(21)24-2)26-17(14)25-3/h4,6-9H,1,5H2,2-3H3. The van der Waals surface area contributed by atoms with Crippen LogP contribution in [0.15, 0.2) is 55.7 Å². The fourth-order valence-electron chi connectivity index (χ4n) is 2.58. The number of imidazole rings is 1. The van der Waals surface area contributed by atoms with E-state index in [4.69, 9.17) is 4.74 Å². The lowest BCUT2D eigenvalue weighted by Gasteiger charge is -2.07. The highest BCUT2D eigenvalue weighted by Crippen LogP contribution is 2.38. The van der Waals surface area contributed by atoms with Crippen LogP contribution in [0.2, 0.25) is 0 Å². The maximum absolute atomic E-state index is 13.2. The smallest absolute Gasteiger partial charge is 0.348 e. The summed E-state index contributed by atoms with van der Waals surface area (Å²) in [6.07, 6.45) is 5.14. The van der Waals surface area contributed by atoms with Gasteiger partial charge in [0, 0.05) is 11.0 Å². The summed E-state index contributed by atoms with van der Waals surface area (Å²) in [6.45, 7) is 4.27. The molecule has 0 atom stereocenters. The molecule has 0 N–H and O–H groups in total. The molecule has 0 aliphatic rings. The minimum Gasteiger partial charge on any atom is -0.465 e. The normalized spacial score (nSPS) is 11.7. The summed E-state index contributed by atoms with van der Waals surface area (Å²) in [6, 6.07) is 4.46. The van der Waals surface area contributed by atoms with Crippen LogP contribution in [0.1, 0.15) is 9.67 Å². The van der Waals surface area contributed by atoms with Gasteiger partial charge in [-0.25, -0.2) is 18.2 Å².